The van der Waals surface area contributed by atoms with Crippen molar-refractivity contribution in [2.24, 2.45) is 0 Å². The number of halogens is 1. The van der Waals surface area contributed by atoms with Crippen LogP contribution in [0.25, 0.3) is 10.9 Å². The highest BCUT2D eigenvalue weighted by atomic mass is 79.9. The first-order valence-electron chi connectivity index (χ1n) is 5.05. The van der Waals surface area contributed by atoms with E-state index in [1.807, 2.05) is 35.8 Å². The van der Waals surface area contributed by atoms with Crippen LogP contribution in [0.4, 0.5) is 0 Å². The van der Waals surface area contributed by atoms with Gasteiger partial charge in [-0.15, -0.1) is 0 Å². The zero-order chi connectivity index (χ0) is 11.7. The van der Waals surface area contributed by atoms with Gasteiger partial charge >= 0.3 is 5.97 Å². The molecule has 0 saturated carbocycles. The Morgan fingerprint density at radius 2 is 2.12 bits per heavy atom. The highest BCUT2D eigenvalue weighted by Gasteiger charge is 2.20. The minimum atomic E-state index is -0.310. The van der Waals surface area contributed by atoms with Gasteiger partial charge in [0, 0.05) is 17.4 Å². The molecule has 1 aromatic heterocycles. The maximum absolute atomic E-state index is 11.7. The standard InChI is InChI=1S/C12H12BrNO2/c1-3-14-9-7-5-4-6-8(9)10(11(14)13)12(15)16-2/h4-7H,3H2,1-2H3. The molecule has 0 N–H and O–H groups in total. The molecule has 84 valence electrons. The molecule has 0 fully saturated rings. The number of esters is 1. The minimum Gasteiger partial charge on any atom is -0.465 e. The van der Waals surface area contributed by atoms with E-state index in [0.717, 1.165) is 22.1 Å². The quantitative estimate of drug-likeness (QED) is 0.792. The SMILES string of the molecule is CCn1c(Br)c(C(=O)OC)c2ccccc21. The summed E-state index contributed by atoms with van der Waals surface area (Å²) in [6.07, 6.45) is 0. The molecule has 0 saturated heterocycles. The van der Waals surface area contributed by atoms with Crippen LogP contribution in [0, 0.1) is 0 Å². The van der Waals surface area contributed by atoms with Crippen molar-refractivity contribution in [3.63, 3.8) is 0 Å². The molecule has 0 atom stereocenters. The zero-order valence-corrected chi connectivity index (χ0v) is 10.7. The number of hydrogen-bond donors (Lipinski definition) is 0. The second-order valence-corrected chi connectivity index (χ2v) is 4.17. The second kappa shape index (κ2) is 4.29. The van der Waals surface area contributed by atoms with Gasteiger partial charge in [-0.2, -0.15) is 0 Å². The number of nitrogens with zero attached hydrogens (tertiary/aromatic N) is 1. The monoisotopic (exact) mass is 281 g/mol. The van der Waals surface area contributed by atoms with Gasteiger partial charge in [0.1, 0.15) is 4.60 Å². The maximum atomic E-state index is 11.7. The predicted molar refractivity (Wildman–Crippen MR) is 66.7 cm³/mol. The number of carbonyl (C=O) groups excluding carboxylic acids is 1. The highest BCUT2D eigenvalue weighted by molar-refractivity contribution is 9.10. The fraction of sp³-hybridized carbons (Fsp3) is 0.250. The maximum Gasteiger partial charge on any atom is 0.341 e. The molecule has 0 aliphatic carbocycles. The molecule has 4 heteroatoms. The van der Waals surface area contributed by atoms with Crippen molar-refractivity contribution in [1.29, 1.82) is 0 Å². The second-order valence-electron chi connectivity index (χ2n) is 3.42. The van der Waals surface area contributed by atoms with E-state index in [0.29, 0.717) is 5.56 Å². The Balaban J connectivity index is 2.82. The Morgan fingerprint density at radius 3 is 2.75 bits per heavy atom. The van der Waals surface area contributed by atoms with Crippen LogP contribution in [0.2, 0.25) is 0 Å². The van der Waals surface area contributed by atoms with E-state index in [-0.39, 0.29) is 5.97 Å². The smallest absolute Gasteiger partial charge is 0.341 e. The molecule has 1 heterocycles. The van der Waals surface area contributed by atoms with Gasteiger partial charge in [0.15, 0.2) is 0 Å². The van der Waals surface area contributed by atoms with Gasteiger partial charge in [0.05, 0.1) is 12.7 Å². The summed E-state index contributed by atoms with van der Waals surface area (Å²) in [6, 6.07) is 7.80. The van der Waals surface area contributed by atoms with Gasteiger partial charge in [0.2, 0.25) is 0 Å². The van der Waals surface area contributed by atoms with Crippen molar-refractivity contribution in [1.82, 2.24) is 4.57 Å². The predicted octanol–water partition coefficient (Wildman–Crippen LogP) is 3.21. The molecule has 0 amide bonds. The molecule has 2 rings (SSSR count). The Kier molecular flexibility index (Phi) is 3.01. The van der Waals surface area contributed by atoms with Crippen LogP contribution in [0.5, 0.6) is 0 Å². The normalized spacial score (nSPS) is 10.7. The lowest BCUT2D eigenvalue weighted by Crippen LogP contribution is -2.02. The molecule has 0 radical (unpaired) electrons. The van der Waals surface area contributed by atoms with Crippen molar-refractivity contribution in [2.45, 2.75) is 13.5 Å². The number of carbonyl (C=O) groups is 1. The molecular formula is C12H12BrNO2. The van der Waals surface area contributed by atoms with Crippen LogP contribution < -0.4 is 0 Å². The Labute approximate surface area is 102 Å². The van der Waals surface area contributed by atoms with E-state index in [1.54, 1.807) is 0 Å². The molecule has 0 spiro atoms. The summed E-state index contributed by atoms with van der Waals surface area (Å²) in [6.45, 7) is 2.84. The lowest BCUT2D eigenvalue weighted by molar-refractivity contribution is 0.0601. The minimum absolute atomic E-state index is 0.310. The van der Waals surface area contributed by atoms with E-state index in [9.17, 15) is 4.79 Å². The van der Waals surface area contributed by atoms with Gasteiger partial charge in [-0.3, -0.25) is 0 Å². The molecule has 1 aromatic carbocycles. The largest absolute Gasteiger partial charge is 0.465 e. The summed E-state index contributed by atoms with van der Waals surface area (Å²) in [4.78, 5) is 11.7. The van der Waals surface area contributed by atoms with E-state index in [2.05, 4.69) is 15.9 Å². The summed E-state index contributed by atoms with van der Waals surface area (Å²) in [5.41, 5.74) is 1.64. The molecule has 2 aromatic rings. The van der Waals surface area contributed by atoms with Gasteiger partial charge in [-0.05, 0) is 28.9 Å². The molecule has 16 heavy (non-hydrogen) atoms. The van der Waals surface area contributed by atoms with E-state index < -0.39 is 0 Å². The molecular weight excluding hydrogens is 270 g/mol. The average molecular weight is 282 g/mol. The van der Waals surface area contributed by atoms with Crippen LogP contribution in [-0.2, 0) is 11.3 Å². The Morgan fingerprint density at radius 1 is 1.44 bits per heavy atom. The first-order chi connectivity index (χ1) is 7.70. The third-order valence-electron chi connectivity index (χ3n) is 2.61. The molecule has 0 unspecified atom stereocenters. The number of fused-ring (bicyclic) bond motifs is 1. The van der Waals surface area contributed by atoms with E-state index in [1.165, 1.54) is 7.11 Å². The molecule has 0 aliphatic rings. The average Bonchev–Trinajstić information content (AvgIpc) is 2.60. The zero-order valence-electron chi connectivity index (χ0n) is 9.16. The van der Waals surface area contributed by atoms with Crippen LogP contribution in [0.3, 0.4) is 0 Å². The topological polar surface area (TPSA) is 31.2 Å². The van der Waals surface area contributed by atoms with Gasteiger partial charge in [-0.25, -0.2) is 4.79 Å². The summed E-state index contributed by atoms with van der Waals surface area (Å²) in [5.74, 6) is -0.310. The summed E-state index contributed by atoms with van der Waals surface area (Å²) >= 11 is 3.46. The molecule has 3 nitrogen and oxygen atoms in total. The number of para-hydroxylation sites is 1. The van der Waals surface area contributed by atoms with Crippen LogP contribution in [0.1, 0.15) is 17.3 Å². The van der Waals surface area contributed by atoms with Gasteiger partial charge < -0.3 is 9.30 Å². The van der Waals surface area contributed by atoms with Crippen LogP contribution >= 0.6 is 15.9 Å². The van der Waals surface area contributed by atoms with E-state index >= 15 is 0 Å². The van der Waals surface area contributed by atoms with Crippen molar-refractivity contribution >= 4 is 32.8 Å². The number of hydrogen-bond acceptors (Lipinski definition) is 2. The van der Waals surface area contributed by atoms with Gasteiger partial charge in [-0.1, -0.05) is 18.2 Å². The molecule has 0 aliphatic heterocycles. The number of methoxy groups -OCH3 is 1. The number of benzene rings is 1. The Bertz CT molecular complexity index is 545. The number of aromatic nitrogens is 1. The number of ether oxygens (including phenoxy) is 1. The lowest BCUT2D eigenvalue weighted by atomic mass is 10.2. The lowest BCUT2D eigenvalue weighted by Gasteiger charge is -2.02. The van der Waals surface area contributed by atoms with E-state index in [4.69, 9.17) is 4.74 Å². The third kappa shape index (κ3) is 1.53. The van der Waals surface area contributed by atoms with Gasteiger partial charge in [0.25, 0.3) is 0 Å². The fourth-order valence-corrected chi connectivity index (χ4v) is 2.69. The summed E-state index contributed by atoms with van der Waals surface area (Å²) in [7, 11) is 1.40. The Hall–Kier alpha value is -1.29. The number of rotatable bonds is 2. The number of aryl methyl sites for hydroxylation is 1. The third-order valence-corrected chi connectivity index (χ3v) is 3.44. The summed E-state index contributed by atoms with van der Waals surface area (Å²) in [5, 5.41) is 0.920. The highest BCUT2D eigenvalue weighted by Crippen LogP contribution is 2.30. The van der Waals surface area contributed by atoms with Crippen molar-refractivity contribution in [2.75, 3.05) is 7.11 Å². The van der Waals surface area contributed by atoms with Crippen molar-refractivity contribution < 1.29 is 9.53 Å². The first kappa shape index (κ1) is 11.2. The fourth-order valence-electron chi connectivity index (χ4n) is 1.88. The van der Waals surface area contributed by atoms with Crippen LogP contribution in [0.15, 0.2) is 28.9 Å². The summed E-state index contributed by atoms with van der Waals surface area (Å²) < 4.78 is 7.62. The van der Waals surface area contributed by atoms with Crippen molar-refractivity contribution in [3.05, 3.63) is 34.4 Å². The molecule has 0 bridgehead atoms. The van der Waals surface area contributed by atoms with Crippen LogP contribution in [-0.4, -0.2) is 17.6 Å². The van der Waals surface area contributed by atoms with Crippen molar-refractivity contribution in [3.8, 4) is 0 Å². The first-order valence-corrected chi connectivity index (χ1v) is 5.85.